The molecule has 1 aliphatic carbocycles. The van der Waals surface area contributed by atoms with Crippen LogP contribution in [0.1, 0.15) is 33.9 Å². The van der Waals surface area contributed by atoms with E-state index in [2.05, 4.69) is 15.4 Å². The Morgan fingerprint density at radius 1 is 1.28 bits per heavy atom. The molecule has 0 spiro atoms. The lowest BCUT2D eigenvalue weighted by Crippen LogP contribution is -2.24. The standard InChI is InChI=1S/C18H16Cl2N4O/c19-11-6-7-16(14(20)9-11)24-15-5-1-4-13(15)17(23-24)18(25)22-10-12-3-2-8-21-12/h2-3,6-9,21H,1,4-5,10H2,(H,22,25). The van der Waals surface area contributed by atoms with Crippen LogP contribution in [0.3, 0.4) is 0 Å². The van der Waals surface area contributed by atoms with Crippen molar-refractivity contribution in [3.8, 4) is 5.69 Å². The van der Waals surface area contributed by atoms with Crippen LogP contribution in [0.15, 0.2) is 36.5 Å². The van der Waals surface area contributed by atoms with Crippen molar-refractivity contribution in [3.05, 3.63) is 69.2 Å². The molecule has 2 heterocycles. The van der Waals surface area contributed by atoms with Crippen LogP contribution in [0.5, 0.6) is 0 Å². The summed E-state index contributed by atoms with van der Waals surface area (Å²) in [4.78, 5) is 15.7. The number of H-pyrrole nitrogens is 1. The summed E-state index contributed by atoms with van der Waals surface area (Å²) in [6, 6.07) is 9.12. The number of hydrogen-bond donors (Lipinski definition) is 2. The third kappa shape index (κ3) is 3.05. The fraction of sp³-hybridized carbons (Fsp3) is 0.222. The zero-order valence-corrected chi connectivity index (χ0v) is 14.9. The first-order valence-electron chi connectivity index (χ1n) is 8.10. The van der Waals surface area contributed by atoms with Gasteiger partial charge in [0.15, 0.2) is 5.69 Å². The minimum atomic E-state index is -0.170. The quantitative estimate of drug-likeness (QED) is 0.726. The van der Waals surface area contributed by atoms with Crippen LogP contribution in [0.25, 0.3) is 5.69 Å². The van der Waals surface area contributed by atoms with Gasteiger partial charge in [-0.1, -0.05) is 23.2 Å². The van der Waals surface area contributed by atoms with Crippen LogP contribution in [0.2, 0.25) is 10.0 Å². The Morgan fingerprint density at radius 2 is 2.16 bits per heavy atom. The Bertz CT molecular complexity index is 931. The van der Waals surface area contributed by atoms with Gasteiger partial charge in [0, 0.05) is 28.2 Å². The number of nitrogens with one attached hydrogen (secondary N) is 2. The minimum Gasteiger partial charge on any atom is -0.364 e. The molecular weight excluding hydrogens is 359 g/mol. The van der Waals surface area contributed by atoms with Crippen molar-refractivity contribution in [1.29, 1.82) is 0 Å². The number of benzene rings is 1. The van der Waals surface area contributed by atoms with Gasteiger partial charge in [-0.2, -0.15) is 5.10 Å². The normalized spacial score (nSPS) is 13.0. The molecule has 4 rings (SSSR count). The lowest BCUT2D eigenvalue weighted by molar-refractivity contribution is 0.0944. The molecule has 128 valence electrons. The summed E-state index contributed by atoms with van der Waals surface area (Å²) in [5.41, 5.74) is 4.23. The van der Waals surface area contributed by atoms with E-state index in [1.165, 1.54) is 0 Å². The summed E-state index contributed by atoms with van der Waals surface area (Å²) in [7, 11) is 0. The van der Waals surface area contributed by atoms with Crippen LogP contribution >= 0.6 is 23.2 Å². The van der Waals surface area contributed by atoms with E-state index in [0.717, 1.165) is 41.9 Å². The molecule has 1 aliphatic rings. The number of fused-ring (bicyclic) bond motifs is 1. The van der Waals surface area contributed by atoms with Gasteiger partial charge in [-0.05, 0) is 49.6 Å². The molecule has 2 aromatic heterocycles. The molecule has 0 saturated carbocycles. The molecule has 7 heteroatoms. The average Bonchev–Trinajstić information content (AvgIpc) is 3.31. The second-order valence-corrected chi connectivity index (χ2v) is 6.86. The van der Waals surface area contributed by atoms with E-state index in [1.807, 2.05) is 24.4 Å². The van der Waals surface area contributed by atoms with Gasteiger partial charge in [0.05, 0.1) is 17.3 Å². The predicted molar refractivity (Wildman–Crippen MR) is 97.6 cm³/mol. The van der Waals surface area contributed by atoms with Crippen molar-refractivity contribution in [2.24, 2.45) is 0 Å². The first-order valence-corrected chi connectivity index (χ1v) is 8.86. The number of carbonyl (C=O) groups is 1. The summed E-state index contributed by atoms with van der Waals surface area (Å²) in [6.07, 6.45) is 4.57. The summed E-state index contributed by atoms with van der Waals surface area (Å²) < 4.78 is 1.78. The van der Waals surface area contributed by atoms with Crippen LogP contribution in [-0.4, -0.2) is 20.7 Å². The second kappa shape index (κ2) is 6.58. The molecular formula is C18H16Cl2N4O. The van der Waals surface area contributed by atoms with E-state index in [-0.39, 0.29) is 5.91 Å². The van der Waals surface area contributed by atoms with E-state index in [9.17, 15) is 4.79 Å². The number of amides is 1. The van der Waals surface area contributed by atoms with Crippen LogP contribution in [0, 0.1) is 0 Å². The number of aromatic nitrogens is 3. The van der Waals surface area contributed by atoms with Gasteiger partial charge in [-0.3, -0.25) is 4.79 Å². The van der Waals surface area contributed by atoms with E-state index >= 15 is 0 Å². The molecule has 1 aromatic carbocycles. The maximum atomic E-state index is 12.6. The molecule has 1 amide bonds. The zero-order valence-electron chi connectivity index (χ0n) is 13.4. The van der Waals surface area contributed by atoms with Crippen molar-refractivity contribution in [3.63, 3.8) is 0 Å². The molecule has 5 nitrogen and oxygen atoms in total. The first-order chi connectivity index (χ1) is 12.1. The van der Waals surface area contributed by atoms with Gasteiger partial charge >= 0.3 is 0 Å². The number of nitrogens with zero attached hydrogens (tertiary/aromatic N) is 2. The predicted octanol–water partition coefficient (Wildman–Crippen LogP) is 3.93. The highest BCUT2D eigenvalue weighted by atomic mass is 35.5. The van der Waals surface area contributed by atoms with Crippen molar-refractivity contribution in [2.45, 2.75) is 25.8 Å². The summed E-state index contributed by atoms with van der Waals surface area (Å²) >= 11 is 12.3. The molecule has 3 aromatic rings. The summed E-state index contributed by atoms with van der Waals surface area (Å²) in [5, 5.41) is 8.57. The number of rotatable bonds is 4. The van der Waals surface area contributed by atoms with Gasteiger partial charge in [0.25, 0.3) is 5.91 Å². The molecule has 0 radical (unpaired) electrons. The highest BCUT2D eigenvalue weighted by molar-refractivity contribution is 6.35. The number of hydrogen-bond acceptors (Lipinski definition) is 2. The molecule has 0 aliphatic heterocycles. The third-order valence-corrected chi connectivity index (χ3v) is 4.92. The molecule has 0 fully saturated rings. The van der Waals surface area contributed by atoms with E-state index in [4.69, 9.17) is 23.2 Å². The number of halogens is 2. The Labute approximate surface area is 154 Å². The maximum absolute atomic E-state index is 12.6. The van der Waals surface area contributed by atoms with Gasteiger partial charge in [-0.15, -0.1) is 0 Å². The zero-order chi connectivity index (χ0) is 17.4. The third-order valence-electron chi connectivity index (χ3n) is 4.38. The number of carbonyl (C=O) groups excluding carboxylic acids is 1. The lowest BCUT2D eigenvalue weighted by atomic mass is 10.2. The smallest absolute Gasteiger partial charge is 0.272 e. The van der Waals surface area contributed by atoms with Crippen LogP contribution in [-0.2, 0) is 19.4 Å². The van der Waals surface area contributed by atoms with Crippen molar-refractivity contribution < 1.29 is 4.79 Å². The Hall–Kier alpha value is -2.24. The van der Waals surface area contributed by atoms with E-state index in [0.29, 0.717) is 22.3 Å². The average molecular weight is 375 g/mol. The Balaban J connectivity index is 1.66. The molecule has 0 saturated heterocycles. The topological polar surface area (TPSA) is 62.7 Å². The molecule has 0 atom stereocenters. The van der Waals surface area contributed by atoms with Gasteiger partial charge in [-0.25, -0.2) is 4.68 Å². The summed E-state index contributed by atoms with van der Waals surface area (Å²) in [5.74, 6) is -0.170. The Kier molecular flexibility index (Phi) is 4.27. The van der Waals surface area contributed by atoms with Gasteiger partial charge in [0.2, 0.25) is 0 Å². The second-order valence-electron chi connectivity index (χ2n) is 6.01. The van der Waals surface area contributed by atoms with Gasteiger partial charge in [0.1, 0.15) is 0 Å². The molecule has 0 unspecified atom stereocenters. The van der Waals surface area contributed by atoms with Crippen molar-refractivity contribution >= 4 is 29.1 Å². The van der Waals surface area contributed by atoms with Crippen LogP contribution < -0.4 is 5.32 Å². The SMILES string of the molecule is O=C(NCc1ccc[nH]1)c1nn(-c2ccc(Cl)cc2Cl)c2c1CCC2. The molecule has 0 bridgehead atoms. The van der Waals surface area contributed by atoms with Crippen molar-refractivity contribution in [2.75, 3.05) is 0 Å². The first kappa shape index (κ1) is 16.2. The highest BCUT2D eigenvalue weighted by Crippen LogP contribution is 2.31. The fourth-order valence-corrected chi connectivity index (χ4v) is 3.70. The largest absolute Gasteiger partial charge is 0.364 e. The molecule has 25 heavy (non-hydrogen) atoms. The minimum absolute atomic E-state index is 0.170. The summed E-state index contributed by atoms with van der Waals surface area (Å²) in [6.45, 7) is 0.440. The number of aromatic amines is 1. The molecule has 2 N–H and O–H groups in total. The monoisotopic (exact) mass is 374 g/mol. The maximum Gasteiger partial charge on any atom is 0.272 e. The lowest BCUT2D eigenvalue weighted by Gasteiger charge is -2.08. The highest BCUT2D eigenvalue weighted by Gasteiger charge is 2.27. The van der Waals surface area contributed by atoms with Crippen LogP contribution in [0.4, 0.5) is 0 Å². The fourth-order valence-electron chi connectivity index (χ4n) is 3.21. The Morgan fingerprint density at radius 3 is 2.92 bits per heavy atom. The van der Waals surface area contributed by atoms with E-state index in [1.54, 1.807) is 16.8 Å². The van der Waals surface area contributed by atoms with Gasteiger partial charge < -0.3 is 10.3 Å². The van der Waals surface area contributed by atoms with E-state index < -0.39 is 0 Å². The van der Waals surface area contributed by atoms with Crippen molar-refractivity contribution in [1.82, 2.24) is 20.1 Å².